The van der Waals surface area contributed by atoms with E-state index in [9.17, 15) is 22.8 Å². The molecule has 6 nitrogen and oxygen atoms in total. The van der Waals surface area contributed by atoms with E-state index in [1.54, 1.807) is 6.20 Å². The number of amides is 2. The van der Waals surface area contributed by atoms with Crippen LogP contribution in [0, 0.1) is 0 Å². The fourth-order valence-corrected chi connectivity index (χ4v) is 5.23. The number of alkyl halides is 3. The van der Waals surface area contributed by atoms with Crippen LogP contribution in [-0.4, -0.2) is 56.2 Å². The molecule has 2 aromatic heterocycles. The number of piperazine rings is 1. The fraction of sp³-hybridized carbons (Fsp3) is 0.591. The highest BCUT2D eigenvalue weighted by molar-refractivity contribution is 6.33. The third kappa shape index (κ3) is 3.64. The molecule has 3 heterocycles. The summed E-state index contributed by atoms with van der Waals surface area (Å²) in [6.45, 7) is 2.11. The number of halogens is 4. The second-order valence-electron chi connectivity index (χ2n) is 9.17. The maximum Gasteiger partial charge on any atom is 0.419 e. The molecule has 0 spiro atoms. The minimum Gasteiger partial charge on any atom is -0.336 e. The summed E-state index contributed by atoms with van der Waals surface area (Å²) in [6.07, 6.45) is 2.68. The third-order valence-electron chi connectivity index (χ3n) is 6.88. The fourth-order valence-electron chi connectivity index (χ4n) is 4.98. The molecule has 1 atom stereocenters. The van der Waals surface area contributed by atoms with E-state index >= 15 is 0 Å². The Morgan fingerprint density at radius 1 is 1.19 bits per heavy atom. The van der Waals surface area contributed by atoms with E-state index in [1.165, 1.54) is 4.90 Å². The van der Waals surface area contributed by atoms with Crippen molar-refractivity contribution >= 4 is 29.1 Å². The van der Waals surface area contributed by atoms with Crippen LogP contribution in [0.2, 0.25) is 5.15 Å². The van der Waals surface area contributed by atoms with Gasteiger partial charge in [0.2, 0.25) is 5.91 Å². The summed E-state index contributed by atoms with van der Waals surface area (Å²) in [5.41, 5.74) is -1.01. The molecule has 0 N–H and O–H groups in total. The van der Waals surface area contributed by atoms with Crippen molar-refractivity contribution < 1.29 is 22.8 Å². The van der Waals surface area contributed by atoms with Gasteiger partial charge in [-0.15, -0.1) is 0 Å². The summed E-state index contributed by atoms with van der Waals surface area (Å²) < 4.78 is 42.4. The van der Waals surface area contributed by atoms with Crippen molar-refractivity contribution in [2.45, 2.75) is 69.6 Å². The van der Waals surface area contributed by atoms with Gasteiger partial charge in [-0.1, -0.05) is 24.4 Å². The standard InChI is InChI=1S/C22H24ClF3N4O2/c1-12-9-29(15-4-2-3-5-15)17(31)11-28(12)21(32)18-19(23)30-10-14(13-6-7-13)8-16(20(30)27-18)22(24,25)26/h8,10,12-13,15H,2-7,9,11H2,1H3. The van der Waals surface area contributed by atoms with Gasteiger partial charge in [0.1, 0.15) is 11.7 Å². The summed E-state index contributed by atoms with van der Waals surface area (Å²) in [4.78, 5) is 33.3. The van der Waals surface area contributed by atoms with E-state index in [0.717, 1.165) is 49.0 Å². The first-order chi connectivity index (χ1) is 15.1. The van der Waals surface area contributed by atoms with Crippen molar-refractivity contribution in [3.05, 3.63) is 34.2 Å². The molecule has 2 saturated carbocycles. The molecular formula is C22H24ClF3N4O2. The minimum atomic E-state index is -4.63. The van der Waals surface area contributed by atoms with Crippen LogP contribution in [0.5, 0.6) is 0 Å². The van der Waals surface area contributed by atoms with E-state index in [0.29, 0.717) is 12.1 Å². The number of carbonyl (C=O) groups excluding carboxylic acids is 2. The number of pyridine rings is 1. The highest BCUT2D eigenvalue weighted by atomic mass is 35.5. The lowest BCUT2D eigenvalue weighted by molar-refractivity contribution is -0.139. The van der Waals surface area contributed by atoms with Gasteiger partial charge in [0, 0.05) is 24.8 Å². The van der Waals surface area contributed by atoms with Crippen molar-refractivity contribution in [2.75, 3.05) is 13.1 Å². The number of imidazole rings is 1. The first kappa shape index (κ1) is 21.6. The van der Waals surface area contributed by atoms with Gasteiger partial charge in [-0.05, 0) is 50.2 Å². The zero-order chi connectivity index (χ0) is 22.8. The Bertz CT molecular complexity index is 1090. The van der Waals surface area contributed by atoms with E-state index in [1.807, 2.05) is 11.8 Å². The average Bonchev–Trinajstić information content (AvgIpc) is 3.34. The van der Waals surface area contributed by atoms with Crippen molar-refractivity contribution in [1.29, 1.82) is 0 Å². The van der Waals surface area contributed by atoms with Crippen LogP contribution in [0.25, 0.3) is 5.65 Å². The molecule has 0 aromatic carbocycles. The van der Waals surface area contributed by atoms with Crippen molar-refractivity contribution in [3.8, 4) is 0 Å². The quantitative estimate of drug-likeness (QED) is 0.666. The normalized spacial score (nSPS) is 22.9. The van der Waals surface area contributed by atoms with Gasteiger partial charge in [-0.3, -0.25) is 14.0 Å². The Kier molecular flexibility index (Phi) is 5.15. The van der Waals surface area contributed by atoms with Gasteiger partial charge in [-0.25, -0.2) is 4.98 Å². The Labute approximate surface area is 188 Å². The zero-order valence-corrected chi connectivity index (χ0v) is 18.4. The van der Waals surface area contributed by atoms with Crippen molar-refractivity contribution in [3.63, 3.8) is 0 Å². The van der Waals surface area contributed by atoms with E-state index in [4.69, 9.17) is 11.6 Å². The number of fused-ring (bicyclic) bond motifs is 1. The maximum atomic E-state index is 13.7. The summed E-state index contributed by atoms with van der Waals surface area (Å²) in [5.74, 6) is -0.693. The Balaban J connectivity index is 1.48. The SMILES string of the molecule is CC1CN(C2CCCC2)C(=O)CN1C(=O)c1nc2c(C(F)(F)F)cc(C3CC3)cn2c1Cl. The van der Waals surface area contributed by atoms with Crippen LogP contribution in [0.1, 0.15) is 73.0 Å². The third-order valence-corrected chi connectivity index (χ3v) is 7.25. The summed E-state index contributed by atoms with van der Waals surface area (Å²) in [5, 5.41) is -0.157. The predicted molar refractivity (Wildman–Crippen MR) is 112 cm³/mol. The van der Waals surface area contributed by atoms with Crippen LogP contribution >= 0.6 is 11.6 Å². The topological polar surface area (TPSA) is 57.9 Å². The molecule has 5 rings (SSSR count). The number of nitrogens with zero attached hydrogens (tertiary/aromatic N) is 4. The lowest BCUT2D eigenvalue weighted by Crippen LogP contribution is -2.59. The molecule has 0 radical (unpaired) electrons. The Morgan fingerprint density at radius 3 is 2.50 bits per heavy atom. The average molecular weight is 469 g/mol. The predicted octanol–water partition coefficient (Wildman–Crippen LogP) is 4.50. The molecular weight excluding hydrogens is 445 g/mol. The summed E-state index contributed by atoms with van der Waals surface area (Å²) in [6, 6.07) is 1.03. The van der Waals surface area contributed by atoms with Gasteiger partial charge in [0.15, 0.2) is 11.3 Å². The molecule has 32 heavy (non-hydrogen) atoms. The maximum absolute atomic E-state index is 13.7. The van der Waals surface area contributed by atoms with Crippen LogP contribution in [0.4, 0.5) is 13.2 Å². The molecule has 2 aromatic rings. The summed E-state index contributed by atoms with van der Waals surface area (Å²) >= 11 is 6.40. The molecule has 2 aliphatic carbocycles. The van der Waals surface area contributed by atoms with Crippen LogP contribution in [-0.2, 0) is 11.0 Å². The van der Waals surface area contributed by atoms with E-state index in [-0.39, 0.29) is 46.9 Å². The molecule has 1 unspecified atom stereocenters. The second kappa shape index (κ2) is 7.64. The number of rotatable bonds is 3. The Hall–Kier alpha value is -2.29. The first-order valence-corrected chi connectivity index (χ1v) is 11.4. The van der Waals surface area contributed by atoms with Crippen molar-refractivity contribution in [2.24, 2.45) is 0 Å². The first-order valence-electron chi connectivity index (χ1n) is 11.0. The molecule has 2 amide bonds. The minimum absolute atomic E-state index is 0.0689. The van der Waals surface area contributed by atoms with Gasteiger partial charge in [-0.2, -0.15) is 13.2 Å². The highest BCUT2D eigenvalue weighted by Gasteiger charge is 2.40. The monoisotopic (exact) mass is 468 g/mol. The molecule has 10 heteroatoms. The van der Waals surface area contributed by atoms with Gasteiger partial charge in [0.05, 0.1) is 5.56 Å². The number of aromatic nitrogens is 2. The van der Waals surface area contributed by atoms with Gasteiger partial charge >= 0.3 is 6.18 Å². The zero-order valence-electron chi connectivity index (χ0n) is 17.7. The van der Waals surface area contributed by atoms with Gasteiger partial charge < -0.3 is 9.80 Å². The lowest BCUT2D eigenvalue weighted by atomic mass is 10.1. The molecule has 172 valence electrons. The largest absolute Gasteiger partial charge is 0.419 e. The molecule has 1 aliphatic heterocycles. The number of carbonyl (C=O) groups is 2. The highest BCUT2D eigenvalue weighted by Crippen LogP contribution is 2.43. The summed E-state index contributed by atoms with van der Waals surface area (Å²) in [7, 11) is 0. The number of hydrogen-bond donors (Lipinski definition) is 0. The number of hydrogen-bond acceptors (Lipinski definition) is 3. The second-order valence-corrected chi connectivity index (χ2v) is 9.53. The van der Waals surface area contributed by atoms with Crippen molar-refractivity contribution in [1.82, 2.24) is 19.2 Å². The smallest absolute Gasteiger partial charge is 0.336 e. The van der Waals surface area contributed by atoms with E-state index < -0.39 is 17.6 Å². The van der Waals surface area contributed by atoms with Crippen LogP contribution in [0.15, 0.2) is 12.3 Å². The van der Waals surface area contributed by atoms with E-state index in [2.05, 4.69) is 4.98 Å². The van der Waals surface area contributed by atoms with Gasteiger partial charge in [0.25, 0.3) is 5.91 Å². The molecule has 3 fully saturated rings. The molecule has 1 saturated heterocycles. The van der Waals surface area contributed by atoms with Crippen LogP contribution in [0.3, 0.4) is 0 Å². The Morgan fingerprint density at radius 2 is 1.88 bits per heavy atom. The van der Waals surface area contributed by atoms with Crippen LogP contribution < -0.4 is 0 Å². The molecule has 0 bridgehead atoms. The lowest BCUT2D eigenvalue weighted by Gasteiger charge is -2.41. The molecule has 3 aliphatic rings.